The Morgan fingerprint density at radius 1 is 0.947 bits per heavy atom. The van der Waals surface area contributed by atoms with Crippen molar-refractivity contribution in [2.45, 2.75) is 17.8 Å². The average molecular weight is 529 g/mol. The molecule has 0 aliphatic carbocycles. The smallest absolute Gasteiger partial charge is 0.280 e. The number of rotatable bonds is 7. The fraction of sp³-hybridized carbons (Fsp3) is 0.250. The Kier molecular flexibility index (Phi) is 7.52. The Morgan fingerprint density at radius 2 is 1.63 bits per heavy atom. The van der Waals surface area contributed by atoms with Gasteiger partial charge in [0.25, 0.3) is 11.6 Å². The molecule has 2 heterocycles. The van der Waals surface area contributed by atoms with Crippen molar-refractivity contribution in [3.8, 4) is 17.1 Å². The van der Waals surface area contributed by atoms with Gasteiger partial charge in [0.15, 0.2) is 11.0 Å². The first-order valence-electron chi connectivity index (χ1n) is 12.4. The number of aryl methyl sites for hydroxylation is 1. The van der Waals surface area contributed by atoms with E-state index < -0.39 is 4.92 Å². The number of hydrogen-bond acceptors (Lipinski definition) is 7. The van der Waals surface area contributed by atoms with Crippen LogP contribution in [-0.2, 0) is 5.75 Å². The van der Waals surface area contributed by atoms with Gasteiger partial charge in [-0.3, -0.25) is 19.5 Å². The van der Waals surface area contributed by atoms with Crippen molar-refractivity contribution >= 4 is 23.4 Å². The lowest BCUT2D eigenvalue weighted by molar-refractivity contribution is -0.384. The molecule has 1 aliphatic heterocycles. The number of nitro benzene ring substituents is 1. The summed E-state index contributed by atoms with van der Waals surface area (Å²) in [5, 5.41) is 21.1. The number of carbonyl (C=O) groups is 1. The number of benzene rings is 3. The van der Waals surface area contributed by atoms with Gasteiger partial charge in [0.1, 0.15) is 0 Å². The molecule has 10 heteroatoms. The molecule has 5 rings (SSSR count). The fourth-order valence-electron chi connectivity index (χ4n) is 4.37. The summed E-state index contributed by atoms with van der Waals surface area (Å²) in [4.78, 5) is 28.3. The number of nitrogens with zero attached hydrogens (tertiary/aromatic N) is 6. The van der Waals surface area contributed by atoms with E-state index in [0.29, 0.717) is 27.9 Å². The number of aromatic nitrogens is 3. The molecule has 1 aromatic heterocycles. The first kappa shape index (κ1) is 25.6. The Bertz CT molecular complexity index is 1440. The number of para-hydroxylation sites is 1. The summed E-state index contributed by atoms with van der Waals surface area (Å²) in [6.45, 7) is 5.26. The van der Waals surface area contributed by atoms with Crippen molar-refractivity contribution < 1.29 is 9.72 Å². The van der Waals surface area contributed by atoms with E-state index in [1.165, 1.54) is 17.8 Å². The number of hydrogen-bond donors (Lipinski definition) is 0. The Hall–Kier alpha value is -4.02. The summed E-state index contributed by atoms with van der Waals surface area (Å²) in [5.74, 6) is 1.08. The maximum absolute atomic E-state index is 12.9. The van der Waals surface area contributed by atoms with Gasteiger partial charge in [0.05, 0.1) is 10.5 Å². The fourth-order valence-corrected chi connectivity index (χ4v) is 5.28. The lowest BCUT2D eigenvalue weighted by atomic mass is 10.1. The van der Waals surface area contributed by atoms with Gasteiger partial charge in [-0.15, -0.1) is 10.2 Å². The summed E-state index contributed by atoms with van der Waals surface area (Å²) >= 11 is 1.49. The molecule has 9 nitrogen and oxygen atoms in total. The van der Waals surface area contributed by atoms with Gasteiger partial charge in [-0.1, -0.05) is 53.7 Å². The summed E-state index contributed by atoms with van der Waals surface area (Å²) in [6, 6.07) is 22.1. The molecule has 3 aromatic carbocycles. The van der Waals surface area contributed by atoms with Crippen LogP contribution < -0.4 is 0 Å². The van der Waals surface area contributed by atoms with E-state index in [1.54, 1.807) is 18.2 Å². The van der Waals surface area contributed by atoms with E-state index in [0.717, 1.165) is 43.0 Å². The third kappa shape index (κ3) is 5.46. The van der Waals surface area contributed by atoms with Crippen LogP contribution in [0.3, 0.4) is 0 Å². The van der Waals surface area contributed by atoms with E-state index in [9.17, 15) is 14.9 Å². The molecule has 38 heavy (non-hydrogen) atoms. The van der Waals surface area contributed by atoms with Gasteiger partial charge in [0, 0.05) is 49.2 Å². The highest BCUT2D eigenvalue weighted by atomic mass is 32.2. The normalized spacial score (nSPS) is 14.0. The van der Waals surface area contributed by atoms with Crippen molar-refractivity contribution in [1.29, 1.82) is 0 Å². The SMILES string of the molecule is Cc1ccc(-n2c(SCc3ccc(C(=O)N4CCN(C)CC4)cc3)nnc2-c2ccccc2[N+](=O)[O-])cc1. The summed E-state index contributed by atoms with van der Waals surface area (Å²) < 4.78 is 1.86. The van der Waals surface area contributed by atoms with Crippen molar-refractivity contribution in [3.05, 3.63) is 99.6 Å². The largest absolute Gasteiger partial charge is 0.336 e. The molecule has 1 amide bonds. The van der Waals surface area contributed by atoms with E-state index in [4.69, 9.17) is 0 Å². The third-order valence-electron chi connectivity index (χ3n) is 6.63. The summed E-state index contributed by atoms with van der Waals surface area (Å²) in [7, 11) is 2.07. The Morgan fingerprint density at radius 3 is 2.32 bits per heavy atom. The van der Waals surface area contributed by atoms with Gasteiger partial charge < -0.3 is 9.80 Å². The minimum Gasteiger partial charge on any atom is -0.336 e. The standard InChI is InChI=1S/C28H28N6O3S/c1-20-7-13-23(14-8-20)33-26(24-5-3-4-6-25(24)34(36)37)29-30-28(33)38-19-21-9-11-22(12-10-21)27(35)32-17-15-31(2)16-18-32/h3-14H,15-19H2,1-2H3. The Balaban J connectivity index is 1.39. The topological polar surface area (TPSA) is 97.4 Å². The number of amides is 1. The monoisotopic (exact) mass is 528 g/mol. The van der Waals surface area contributed by atoms with Crippen LogP contribution in [0.15, 0.2) is 78.0 Å². The second-order valence-corrected chi connectivity index (χ2v) is 10.3. The lowest BCUT2D eigenvalue weighted by Crippen LogP contribution is -2.47. The maximum atomic E-state index is 12.9. The predicted molar refractivity (Wildman–Crippen MR) is 148 cm³/mol. The zero-order chi connectivity index (χ0) is 26.6. The van der Waals surface area contributed by atoms with E-state index >= 15 is 0 Å². The molecule has 1 saturated heterocycles. The molecule has 0 atom stereocenters. The van der Waals surface area contributed by atoms with Crippen molar-refractivity contribution in [2.24, 2.45) is 0 Å². The van der Waals surface area contributed by atoms with Gasteiger partial charge in [-0.05, 0) is 49.9 Å². The average Bonchev–Trinajstić information content (AvgIpc) is 3.36. The maximum Gasteiger partial charge on any atom is 0.280 e. The molecule has 1 fully saturated rings. The van der Waals surface area contributed by atoms with E-state index in [1.807, 2.05) is 64.9 Å². The first-order valence-corrected chi connectivity index (χ1v) is 13.3. The minimum absolute atomic E-state index is 0.0228. The van der Waals surface area contributed by atoms with Crippen LogP contribution in [0.1, 0.15) is 21.5 Å². The summed E-state index contributed by atoms with van der Waals surface area (Å²) in [6.07, 6.45) is 0. The van der Waals surface area contributed by atoms with Gasteiger partial charge >= 0.3 is 0 Å². The highest BCUT2D eigenvalue weighted by molar-refractivity contribution is 7.98. The van der Waals surface area contributed by atoms with E-state index in [-0.39, 0.29) is 11.6 Å². The third-order valence-corrected chi connectivity index (χ3v) is 7.63. The van der Waals surface area contributed by atoms with Crippen LogP contribution in [-0.4, -0.2) is 68.6 Å². The molecule has 4 aromatic rings. The number of carbonyl (C=O) groups excluding carboxylic acids is 1. The highest BCUT2D eigenvalue weighted by Crippen LogP contribution is 2.34. The van der Waals surface area contributed by atoms with Crippen LogP contribution in [0.5, 0.6) is 0 Å². The van der Waals surface area contributed by atoms with Crippen LogP contribution in [0.4, 0.5) is 5.69 Å². The Labute approximate surface area is 225 Å². The van der Waals surface area contributed by atoms with Gasteiger partial charge in [0.2, 0.25) is 0 Å². The van der Waals surface area contributed by atoms with Crippen molar-refractivity contribution in [1.82, 2.24) is 24.6 Å². The molecule has 0 unspecified atom stereocenters. The van der Waals surface area contributed by atoms with E-state index in [2.05, 4.69) is 22.1 Å². The van der Waals surface area contributed by atoms with Crippen LogP contribution in [0, 0.1) is 17.0 Å². The van der Waals surface area contributed by atoms with Gasteiger partial charge in [-0.25, -0.2) is 0 Å². The quantitative estimate of drug-likeness (QED) is 0.193. The van der Waals surface area contributed by atoms with Gasteiger partial charge in [-0.2, -0.15) is 0 Å². The molecule has 0 saturated carbocycles. The number of likely N-dealkylation sites (N-methyl/N-ethyl adjacent to an activating group) is 1. The predicted octanol–water partition coefficient (Wildman–Crippen LogP) is 4.83. The molecule has 0 spiro atoms. The minimum atomic E-state index is -0.401. The first-order chi connectivity index (χ1) is 18.4. The zero-order valence-electron chi connectivity index (χ0n) is 21.3. The second-order valence-electron chi connectivity index (χ2n) is 9.33. The van der Waals surface area contributed by atoms with Crippen molar-refractivity contribution in [3.63, 3.8) is 0 Å². The molecular weight excluding hydrogens is 500 g/mol. The van der Waals surface area contributed by atoms with Crippen LogP contribution >= 0.6 is 11.8 Å². The number of piperazine rings is 1. The second kappa shape index (κ2) is 11.2. The van der Waals surface area contributed by atoms with Crippen LogP contribution in [0.25, 0.3) is 17.1 Å². The summed E-state index contributed by atoms with van der Waals surface area (Å²) in [5.41, 5.74) is 4.04. The molecular formula is C28H28N6O3S. The lowest BCUT2D eigenvalue weighted by Gasteiger charge is -2.32. The highest BCUT2D eigenvalue weighted by Gasteiger charge is 2.23. The molecule has 1 aliphatic rings. The molecule has 0 radical (unpaired) electrons. The zero-order valence-corrected chi connectivity index (χ0v) is 22.1. The molecule has 194 valence electrons. The van der Waals surface area contributed by atoms with Crippen LogP contribution in [0.2, 0.25) is 0 Å². The number of thioether (sulfide) groups is 1. The molecule has 0 N–H and O–H groups in total. The van der Waals surface area contributed by atoms with Crippen molar-refractivity contribution in [2.75, 3.05) is 33.2 Å². The number of nitro groups is 1. The molecule has 0 bridgehead atoms.